The Balaban J connectivity index is 1.61. The van der Waals surface area contributed by atoms with Gasteiger partial charge < -0.3 is 19.0 Å². The second-order valence-electron chi connectivity index (χ2n) is 7.98. The Morgan fingerprint density at radius 1 is 0.972 bits per heavy atom. The number of oxime groups is 1. The SMILES string of the molecule is CCO/N=C(\Cn1cc(Cc2ccc(F)cc2)c(C(=O)ON)c1)c1cccc(Oc2ccccc2)c1. The van der Waals surface area contributed by atoms with E-state index in [1.165, 1.54) is 12.1 Å². The molecule has 2 N–H and O–H groups in total. The number of ether oxygens (including phenoxy) is 1. The maximum absolute atomic E-state index is 13.3. The molecule has 1 heterocycles. The number of halogens is 1. The summed E-state index contributed by atoms with van der Waals surface area (Å²) in [5.41, 5.74) is 3.28. The molecule has 0 saturated carbocycles. The molecule has 0 aliphatic rings. The van der Waals surface area contributed by atoms with Crippen LogP contribution < -0.4 is 10.6 Å². The fourth-order valence-electron chi connectivity index (χ4n) is 3.71. The summed E-state index contributed by atoms with van der Waals surface area (Å²) in [6.45, 7) is 2.56. The topological polar surface area (TPSA) is 88.1 Å². The van der Waals surface area contributed by atoms with Gasteiger partial charge in [-0.1, -0.05) is 47.6 Å². The van der Waals surface area contributed by atoms with Crippen LogP contribution >= 0.6 is 0 Å². The highest BCUT2D eigenvalue weighted by atomic mass is 19.1. The molecule has 0 spiro atoms. The molecule has 0 aliphatic heterocycles. The fourth-order valence-corrected chi connectivity index (χ4v) is 3.71. The predicted molar refractivity (Wildman–Crippen MR) is 134 cm³/mol. The summed E-state index contributed by atoms with van der Waals surface area (Å²) in [6, 6.07) is 23.1. The Hall–Kier alpha value is -4.43. The number of para-hydroxylation sites is 1. The van der Waals surface area contributed by atoms with Gasteiger partial charge in [-0.25, -0.2) is 9.18 Å². The number of rotatable bonds is 10. The van der Waals surface area contributed by atoms with Gasteiger partial charge in [0.05, 0.1) is 12.1 Å². The van der Waals surface area contributed by atoms with E-state index >= 15 is 0 Å². The molecule has 184 valence electrons. The second-order valence-corrected chi connectivity index (χ2v) is 7.98. The Morgan fingerprint density at radius 2 is 1.72 bits per heavy atom. The molecular formula is C28H26FN3O4. The van der Waals surface area contributed by atoms with E-state index in [4.69, 9.17) is 15.5 Å². The van der Waals surface area contributed by atoms with E-state index < -0.39 is 5.97 Å². The molecular weight excluding hydrogens is 461 g/mol. The van der Waals surface area contributed by atoms with Crippen molar-refractivity contribution in [2.75, 3.05) is 6.61 Å². The first-order valence-corrected chi connectivity index (χ1v) is 11.4. The van der Waals surface area contributed by atoms with Crippen molar-refractivity contribution in [3.63, 3.8) is 0 Å². The smallest absolute Gasteiger partial charge is 0.358 e. The molecule has 0 fully saturated rings. The normalized spacial score (nSPS) is 11.2. The van der Waals surface area contributed by atoms with Crippen LogP contribution in [0.2, 0.25) is 0 Å². The summed E-state index contributed by atoms with van der Waals surface area (Å²) in [5, 5.41) is 4.31. The van der Waals surface area contributed by atoms with Crippen molar-refractivity contribution >= 4 is 11.7 Å². The highest BCUT2D eigenvalue weighted by Crippen LogP contribution is 2.23. The number of hydrogen-bond acceptors (Lipinski definition) is 6. The minimum atomic E-state index is -0.660. The van der Waals surface area contributed by atoms with Crippen molar-refractivity contribution in [3.05, 3.63) is 119 Å². The standard InChI is InChI=1S/C28H26FN3O4/c1-2-34-31-27(21-7-6-10-25(16-21)35-24-8-4-3-5-9-24)19-32-17-22(26(18-32)28(33)36-30)15-20-11-13-23(29)14-12-20/h3-14,16-18H,2,15,19,30H2,1H3/b31-27+. The zero-order valence-corrected chi connectivity index (χ0v) is 19.8. The molecule has 36 heavy (non-hydrogen) atoms. The average molecular weight is 488 g/mol. The lowest BCUT2D eigenvalue weighted by molar-refractivity contribution is 0.0502. The van der Waals surface area contributed by atoms with Gasteiger partial charge in [0.1, 0.15) is 29.6 Å². The van der Waals surface area contributed by atoms with Crippen molar-refractivity contribution in [1.82, 2.24) is 4.57 Å². The Bertz CT molecular complexity index is 1330. The maximum atomic E-state index is 13.3. The van der Waals surface area contributed by atoms with E-state index in [9.17, 15) is 9.18 Å². The zero-order valence-electron chi connectivity index (χ0n) is 19.8. The monoisotopic (exact) mass is 487 g/mol. The van der Waals surface area contributed by atoms with Gasteiger partial charge in [0, 0.05) is 18.0 Å². The third-order valence-electron chi connectivity index (χ3n) is 5.38. The van der Waals surface area contributed by atoms with Crippen molar-refractivity contribution < 1.29 is 23.6 Å². The average Bonchev–Trinajstić information content (AvgIpc) is 3.30. The van der Waals surface area contributed by atoms with Crippen LogP contribution in [0.3, 0.4) is 0 Å². The molecule has 1 aromatic heterocycles. The van der Waals surface area contributed by atoms with Crippen molar-refractivity contribution in [2.24, 2.45) is 11.1 Å². The minimum absolute atomic E-state index is 0.309. The largest absolute Gasteiger partial charge is 0.457 e. The summed E-state index contributed by atoms with van der Waals surface area (Å²) in [7, 11) is 0. The van der Waals surface area contributed by atoms with Crippen LogP contribution in [0.25, 0.3) is 0 Å². The Kier molecular flexibility index (Phi) is 8.10. The second kappa shape index (κ2) is 11.8. The molecule has 4 rings (SSSR count). The van der Waals surface area contributed by atoms with E-state index in [0.717, 1.165) is 16.9 Å². The van der Waals surface area contributed by atoms with Gasteiger partial charge in [-0.05, 0) is 60.9 Å². The van der Waals surface area contributed by atoms with Crippen molar-refractivity contribution in [2.45, 2.75) is 19.9 Å². The van der Waals surface area contributed by atoms with E-state index in [-0.39, 0.29) is 5.82 Å². The van der Waals surface area contributed by atoms with Crippen LogP contribution in [-0.4, -0.2) is 22.9 Å². The Labute approximate surface area is 208 Å². The zero-order chi connectivity index (χ0) is 25.3. The first kappa shape index (κ1) is 24.7. The van der Waals surface area contributed by atoms with Gasteiger partial charge in [-0.2, -0.15) is 5.90 Å². The number of hydrogen-bond donors (Lipinski definition) is 1. The highest BCUT2D eigenvalue weighted by molar-refractivity contribution is 6.00. The summed E-state index contributed by atoms with van der Waals surface area (Å²) >= 11 is 0. The van der Waals surface area contributed by atoms with E-state index in [1.54, 1.807) is 18.3 Å². The van der Waals surface area contributed by atoms with Crippen molar-refractivity contribution in [1.29, 1.82) is 0 Å². The molecule has 0 unspecified atom stereocenters. The third kappa shape index (κ3) is 6.37. The lowest BCUT2D eigenvalue weighted by Gasteiger charge is -2.11. The summed E-state index contributed by atoms with van der Waals surface area (Å²) in [6.07, 6.45) is 3.87. The lowest BCUT2D eigenvalue weighted by Crippen LogP contribution is -2.13. The van der Waals surface area contributed by atoms with Crippen LogP contribution in [0, 0.1) is 5.82 Å². The maximum Gasteiger partial charge on any atom is 0.358 e. The first-order valence-electron chi connectivity index (χ1n) is 11.4. The van der Waals surface area contributed by atoms with Crippen LogP contribution in [0.15, 0.2) is 96.4 Å². The number of carbonyl (C=O) groups excluding carboxylic acids is 1. The number of carbonyl (C=O) groups is 1. The molecule has 0 amide bonds. The van der Waals surface area contributed by atoms with E-state index in [2.05, 4.69) is 9.99 Å². The number of aromatic nitrogens is 1. The van der Waals surface area contributed by atoms with Gasteiger partial charge in [-0.3, -0.25) is 0 Å². The molecule has 4 aromatic rings. The Morgan fingerprint density at radius 3 is 2.44 bits per heavy atom. The van der Waals surface area contributed by atoms with E-state index in [0.29, 0.717) is 42.2 Å². The number of nitrogens with zero attached hydrogens (tertiary/aromatic N) is 2. The molecule has 0 atom stereocenters. The van der Waals surface area contributed by atoms with Crippen LogP contribution in [0.1, 0.15) is 34.0 Å². The van der Waals surface area contributed by atoms with Crippen molar-refractivity contribution in [3.8, 4) is 11.5 Å². The van der Waals surface area contributed by atoms with Gasteiger partial charge in [0.25, 0.3) is 0 Å². The molecule has 0 saturated heterocycles. The number of nitrogens with two attached hydrogens (primary N) is 1. The summed E-state index contributed by atoms with van der Waals surface area (Å²) < 4.78 is 21.1. The summed E-state index contributed by atoms with van der Waals surface area (Å²) in [5.74, 6) is 5.56. The highest BCUT2D eigenvalue weighted by Gasteiger charge is 2.18. The first-order chi connectivity index (χ1) is 17.6. The fraction of sp³-hybridized carbons (Fsp3) is 0.143. The third-order valence-corrected chi connectivity index (χ3v) is 5.38. The predicted octanol–water partition coefficient (Wildman–Crippen LogP) is 5.48. The molecule has 8 heteroatoms. The van der Waals surface area contributed by atoms with Gasteiger partial charge in [0.2, 0.25) is 0 Å². The number of benzene rings is 3. The molecule has 3 aromatic carbocycles. The quantitative estimate of drug-likeness (QED) is 0.236. The van der Waals surface area contributed by atoms with Gasteiger partial charge >= 0.3 is 5.97 Å². The minimum Gasteiger partial charge on any atom is -0.457 e. The van der Waals surface area contributed by atoms with Crippen LogP contribution in [0.4, 0.5) is 4.39 Å². The molecule has 0 bridgehead atoms. The van der Waals surface area contributed by atoms with Gasteiger partial charge in [-0.15, -0.1) is 0 Å². The summed E-state index contributed by atoms with van der Waals surface area (Å²) in [4.78, 5) is 22.2. The van der Waals surface area contributed by atoms with E-state index in [1.807, 2.05) is 72.3 Å². The molecule has 0 radical (unpaired) electrons. The van der Waals surface area contributed by atoms with Gasteiger partial charge in [0.15, 0.2) is 0 Å². The molecule has 0 aliphatic carbocycles. The lowest BCUT2D eigenvalue weighted by atomic mass is 10.0. The van der Waals surface area contributed by atoms with Crippen LogP contribution in [-0.2, 0) is 22.6 Å². The van der Waals surface area contributed by atoms with Crippen LogP contribution in [0.5, 0.6) is 11.5 Å². The molecule has 7 nitrogen and oxygen atoms in total.